The first kappa shape index (κ1) is 10.9. The van der Waals surface area contributed by atoms with E-state index >= 15 is 0 Å². The van der Waals surface area contributed by atoms with E-state index in [-0.39, 0.29) is 0 Å². The Morgan fingerprint density at radius 2 is 1.82 bits per heavy atom. The highest BCUT2D eigenvalue weighted by atomic mass is 15.1. The zero-order chi connectivity index (χ0) is 8.85. The molecule has 1 aliphatic rings. The smallest absolute Gasteiger partial charge is 0.0168 e. The molecular weight excluding hydrogens is 136 g/mol. The van der Waals surface area contributed by atoms with Crippen LogP contribution in [0.4, 0.5) is 0 Å². The summed E-state index contributed by atoms with van der Waals surface area (Å²) in [6.45, 7) is 7.33. The van der Waals surface area contributed by atoms with Crippen LogP contribution in [0.5, 0.6) is 0 Å². The molecule has 0 spiro atoms. The highest BCUT2D eigenvalue weighted by molar-refractivity contribution is 4.77. The SMILES string of the molecule is CC.CC1CC[C@H](N)CN1C. The van der Waals surface area contributed by atoms with E-state index in [0.29, 0.717) is 6.04 Å². The normalized spacial score (nSPS) is 32.5. The van der Waals surface area contributed by atoms with E-state index in [1.807, 2.05) is 13.8 Å². The number of hydrogen-bond acceptors (Lipinski definition) is 2. The Kier molecular flexibility index (Phi) is 5.51. The van der Waals surface area contributed by atoms with E-state index in [9.17, 15) is 0 Å². The first-order valence-corrected chi connectivity index (χ1v) is 4.66. The van der Waals surface area contributed by atoms with Crippen LogP contribution < -0.4 is 5.73 Å². The number of piperidine rings is 1. The average Bonchev–Trinajstić information content (AvgIpc) is 2.02. The number of hydrogen-bond donors (Lipinski definition) is 1. The number of nitrogens with zero attached hydrogens (tertiary/aromatic N) is 1. The highest BCUT2D eigenvalue weighted by Gasteiger charge is 2.18. The van der Waals surface area contributed by atoms with Gasteiger partial charge in [0, 0.05) is 18.6 Å². The van der Waals surface area contributed by atoms with E-state index in [1.165, 1.54) is 12.8 Å². The first-order valence-electron chi connectivity index (χ1n) is 4.66. The molecule has 2 heteroatoms. The van der Waals surface area contributed by atoms with Crippen molar-refractivity contribution in [1.29, 1.82) is 0 Å². The molecular formula is C9H22N2. The molecule has 2 atom stereocenters. The minimum atomic E-state index is 0.422. The Hall–Kier alpha value is -0.0800. The second-order valence-electron chi connectivity index (χ2n) is 3.13. The summed E-state index contributed by atoms with van der Waals surface area (Å²) in [5, 5.41) is 0. The Morgan fingerprint density at radius 3 is 2.18 bits per heavy atom. The van der Waals surface area contributed by atoms with Crippen LogP contribution in [-0.4, -0.2) is 30.6 Å². The van der Waals surface area contributed by atoms with Crippen molar-refractivity contribution in [2.24, 2.45) is 5.73 Å². The molecule has 1 fully saturated rings. The van der Waals surface area contributed by atoms with Crippen LogP contribution in [0, 0.1) is 0 Å². The summed E-state index contributed by atoms with van der Waals surface area (Å²) in [5.41, 5.74) is 5.75. The topological polar surface area (TPSA) is 29.3 Å². The molecule has 1 heterocycles. The van der Waals surface area contributed by atoms with Gasteiger partial charge in [0.05, 0.1) is 0 Å². The van der Waals surface area contributed by atoms with Crippen LogP contribution in [0.3, 0.4) is 0 Å². The van der Waals surface area contributed by atoms with Crippen molar-refractivity contribution >= 4 is 0 Å². The largest absolute Gasteiger partial charge is 0.327 e. The molecule has 0 bridgehead atoms. The summed E-state index contributed by atoms with van der Waals surface area (Å²) in [4.78, 5) is 2.33. The van der Waals surface area contributed by atoms with Gasteiger partial charge in [0.25, 0.3) is 0 Å². The predicted molar refractivity (Wildman–Crippen MR) is 50.6 cm³/mol. The molecule has 2 nitrogen and oxygen atoms in total. The van der Waals surface area contributed by atoms with Gasteiger partial charge in [-0.2, -0.15) is 0 Å². The number of likely N-dealkylation sites (tertiary alicyclic amines) is 1. The van der Waals surface area contributed by atoms with Gasteiger partial charge in [0.2, 0.25) is 0 Å². The molecule has 0 radical (unpaired) electrons. The molecule has 0 saturated carbocycles. The summed E-state index contributed by atoms with van der Waals surface area (Å²) in [7, 11) is 2.14. The van der Waals surface area contributed by atoms with E-state index in [4.69, 9.17) is 5.73 Å². The van der Waals surface area contributed by atoms with Crippen molar-refractivity contribution in [2.45, 2.75) is 45.7 Å². The molecule has 0 aliphatic carbocycles. The average molecular weight is 158 g/mol. The van der Waals surface area contributed by atoms with Gasteiger partial charge in [-0.1, -0.05) is 13.8 Å². The van der Waals surface area contributed by atoms with Gasteiger partial charge in [-0.15, -0.1) is 0 Å². The summed E-state index contributed by atoms with van der Waals surface area (Å²) >= 11 is 0. The second-order valence-corrected chi connectivity index (χ2v) is 3.13. The Balaban J connectivity index is 0.000000461. The maximum atomic E-state index is 5.75. The Bertz CT molecular complexity index is 93.6. The highest BCUT2D eigenvalue weighted by Crippen LogP contribution is 2.12. The minimum absolute atomic E-state index is 0.422. The maximum Gasteiger partial charge on any atom is 0.0168 e. The van der Waals surface area contributed by atoms with E-state index in [1.54, 1.807) is 0 Å². The van der Waals surface area contributed by atoms with Crippen LogP contribution in [0.15, 0.2) is 0 Å². The fourth-order valence-corrected chi connectivity index (χ4v) is 1.32. The van der Waals surface area contributed by atoms with Crippen molar-refractivity contribution in [2.75, 3.05) is 13.6 Å². The van der Waals surface area contributed by atoms with Crippen molar-refractivity contribution in [3.05, 3.63) is 0 Å². The fourth-order valence-electron chi connectivity index (χ4n) is 1.32. The third-order valence-corrected chi connectivity index (χ3v) is 2.23. The molecule has 11 heavy (non-hydrogen) atoms. The monoisotopic (exact) mass is 158 g/mol. The molecule has 1 saturated heterocycles. The Labute approximate surface area is 70.8 Å². The van der Waals surface area contributed by atoms with E-state index in [0.717, 1.165) is 12.6 Å². The van der Waals surface area contributed by atoms with Crippen molar-refractivity contribution in [1.82, 2.24) is 4.90 Å². The third kappa shape index (κ3) is 3.73. The van der Waals surface area contributed by atoms with Crippen LogP contribution in [0.2, 0.25) is 0 Å². The lowest BCUT2D eigenvalue weighted by Gasteiger charge is -2.33. The summed E-state index contributed by atoms with van der Waals surface area (Å²) < 4.78 is 0. The lowest BCUT2D eigenvalue weighted by molar-refractivity contribution is 0.182. The standard InChI is InChI=1S/C7H16N2.C2H6/c1-6-3-4-7(8)5-9(6)2;1-2/h6-7H,3-5,8H2,1-2H3;1-2H3/t6?,7-;/m0./s1. The van der Waals surface area contributed by atoms with Gasteiger partial charge in [0.15, 0.2) is 0 Å². The lowest BCUT2D eigenvalue weighted by Crippen LogP contribution is -2.45. The van der Waals surface area contributed by atoms with Crippen LogP contribution in [-0.2, 0) is 0 Å². The van der Waals surface area contributed by atoms with Gasteiger partial charge in [-0.3, -0.25) is 0 Å². The van der Waals surface area contributed by atoms with Crippen molar-refractivity contribution in [3.63, 3.8) is 0 Å². The van der Waals surface area contributed by atoms with Gasteiger partial charge in [0.1, 0.15) is 0 Å². The van der Waals surface area contributed by atoms with Gasteiger partial charge < -0.3 is 10.6 Å². The Morgan fingerprint density at radius 1 is 1.27 bits per heavy atom. The van der Waals surface area contributed by atoms with Gasteiger partial charge >= 0.3 is 0 Å². The van der Waals surface area contributed by atoms with E-state index in [2.05, 4.69) is 18.9 Å². The van der Waals surface area contributed by atoms with Gasteiger partial charge in [-0.05, 0) is 26.8 Å². The quantitative estimate of drug-likeness (QED) is 0.578. The predicted octanol–water partition coefficient (Wildman–Crippen LogP) is 1.45. The zero-order valence-electron chi connectivity index (χ0n) is 8.30. The number of rotatable bonds is 0. The molecule has 0 aromatic carbocycles. The number of nitrogens with two attached hydrogens (primary N) is 1. The van der Waals surface area contributed by atoms with Crippen molar-refractivity contribution in [3.8, 4) is 0 Å². The van der Waals surface area contributed by atoms with Crippen LogP contribution in [0.1, 0.15) is 33.6 Å². The molecule has 2 N–H and O–H groups in total. The summed E-state index contributed by atoms with van der Waals surface area (Å²) in [6, 6.07) is 1.16. The summed E-state index contributed by atoms with van der Waals surface area (Å²) in [5.74, 6) is 0. The first-order chi connectivity index (χ1) is 5.20. The third-order valence-electron chi connectivity index (χ3n) is 2.23. The molecule has 0 amide bonds. The van der Waals surface area contributed by atoms with Crippen LogP contribution in [0.25, 0.3) is 0 Å². The summed E-state index contributed by atoms with van der Waals surface area (Å²) in [6.07, 6.45) is 2.46. The lowest BCUT2D eigenvalue weighted by atomic mass is 10.0. The second kappa shape index (κ2) is 5.56. The van der Waals surface area contributed by atoms with Crippen molar-refractivity contribution < 1.29 is 0 Å². The molecule has 68 valence electrons. The zero-order valence-corrected chi connectivity index (χ0v) is 8.30. The fraction of sp³-hybridized carbons (Fsp3) is 1.00. The molecule has 0 aromatic rings. The molecule has 1 unspecified atom stereocenters. The molecule has 0 aromatic heterocycles. The van der Waals surface area contributed by atoms with E-state index < -0.39 is 0 Å². The number of likely N-dealkylation sites (N-methyl/N-ethyl adjacent to an activating group) is 1. The molecule has 1 aliphatic heterocycles. The molecule has 1 rings (SSSR count). The van der Waals surface area contributed by atoms with Crippen LogP contribution >= 0.6 is 0 Å². The van der Waals surface area contributed by atoms with Gasteiger partial charge in [-0.25, -0.2) is 0 Å². The maximum absolute atomic E-state index is 5.75. The minimum Gasteiger partial charge on any atom is -0.327 e.